The second-order valence-electron chi connectivity index (χ2n) is 4.85. The zero-order chi connectivity index (χ0) is 15.1. The number of hydrogen-bond acceptors (Lipinski definition) is 3. The summed E-state index contributed by atoms with van der Waals surface area (Å²) >= 11 is 5.91. The molecular formula is C15H22ClNO3. The maximum atomic E-state index is 11.9. The van der Waals surface area contributed by atoms with Gasteiger partial charge in [0.15, 0.2) is 11.5 Å². The van der Waals surface area contributed by atoms with E-state index < -0.39 is 0 Å². The molecule has 0 aliphatic heterocycles. The van der Waals surface area contributed by atoms with Gasteiger partial charge in [0.2, 0.25) is 5.91 Å². The van der Waals surface area contributed by atoms with Crippen LogP contribution in [0.4, 0.5) is 0 Å². The second-order valence-corrected chi connectivity index (χ2v) is 5.60. The molecule has 1 rings (SSSR count). The van der Waals surface area contributed by atoms with E-state index in [0.717, 1.165) is 12.0 Å². The number of rotatable bonds is 7. The van der Waals surface area contributed by atoms with Crippen molar-refractivity contribution >= 4 is 17.5 Å². The highest BCUT2D eigenvalue weighted by Gasteiger charge is 2.12. The van der Waals surface area contributed by atoms with E-state index in [-0.39, 0.29) is 17.3 Å². The number of hydrogen-bond donors (Lipinski definition) is 1. The van der Waals surface area contributed by atoms with Crippen LogP contribution in [0.5, 0.6) is 11.5 Å². The summed E-state index contributed by atoms with van der Waals surface area (Å²) in [6, 6.07) is 5.53. The van der Waals surface area contributed by atoms with Crippen LogP contribution in [0.15, 0.2) is 18.2 Å². The number of carbonyl (C=O) groups is 1. The summed E-state index contributed by atoms with van der Waals surface area (Å²) in [4.78, 5) is 11.9. The van der Waals surface area contributed by atoms with Gasteiger partial charge in [-0.25, -0.2) is 0 Å². The maximum absolute atomic E-state index is 11.9. The van der Waals surface area contributed by atoms with Gasteiger partial charge >= 0.3 is 0 Å². The molecule has 112 valence electrons. The van der Waals surface area contributed by atoms with E-state index in [9.17, 15) is 4.79 Å². The number of amides is 1. The molecule has 0 spiro atoms. The van der Waals surface area contributed by atoms with E-state index in [1.165, 1.54) is 0 Å². The third-order valence-corrected chi connectivity index (χ3v) is 3.08. The summed E-state index contributed by atoms with van der Waals surface area (Å²) in [6.45, 7) is 3.87. The van der Waals surface area contributed by atoms with Crippen LogP contribution in [0.3, 0.4) is 0 Å². The molecule has 20 heavy (non-hydrogen) atoms. The molecule has 0 aliphatic rings. The van der Waals surface area contributed by atoms with Crippen molar-refractivity contribution < 1.29 is 14.3 Å². The zero-order valence-electron chi connectivity index (χ0n) is 12.4. The highest BCUT2D eigenvalue weighted by atomic mass is 35.5. The number of benzene rings is 1. The fourth-order valence-corrected chi connectivity index (χ4v) is 2.32. The summed E-state index contributed by atoms with van der Waals surface area (Å²) < 4.78 is 10.4. The average Bonchev–Trinajstić information content (AvgIpc) is 2.37. The van der Waals surface area contributed by atoms with Crippen molar-refractivity contribution in [2.24, 2.45) is 0 Å². The summed E-state index contributed by atoms with van der Waals surface area (Å²) in [5, 5.41) is 2.98. The molecular weight excluding hydrogens is 278 g/mol. The van der Waals surface area contributed by atoms with Crippen molar-refractivity contribution in [3.05, 3.63) is 23.8 Å². The van der Waals surface area contributed by atoms with E-state index in [1.807, 2.05) is 26.0 Å². The van der Waals surface area contributed by atoms with Crippen molar-refractivity contribution in [2.45, 2.75) is 38.1 Å². The van der Waals surface area contributed by atoms with Crippen LogP contribution in [0.2, 0.25) is 0 Å². The van der Waals surface area contributed by atoms with Crippen LogP contribution in [0.1, 0.15) is 25.8 Å². The average molecular weight is 300 g/mol. The van der Waals surface area contributed by atoms with Crippen molar-refractivity contribution in [1.82, 2.24) is 5.32 Å². The van der Waals surface area contributed by atoms with E-state index in [1.54, 1.807) is 20.3 Å². The standard InChI is InChI=1S/C15H22ClNO3/c1-10(16)7-11(2)17-15(18)9-12-5-6-13(19-3)14(8-12)20-4/h5-6,8,10-11H,7,9H2,1-4H3,(H,17,18). The topological polar surface area (TPSA) is 47.6 Å². The maximum Gasteiger partial charge on any atom is 0.224 e. The Morgan fingerprint density at radius 1 is 1.25 bits per heavy atom. The molecule has 1 amide bonds. The molecule has 0 fully saturated rings. The monoisotopic (exact) mass is 299 g/mol. The Labute approximate surface area is 125 Å². The Morgan fingerprint density at radius 2 is 1.90 bits per heavy atom. The lowest BCUT2D eigenvalue weighted by Gasteiger charge is -2.15. The highest BCUT2D eigenvalue weighted by Crippen LogP contribution is 2.27. The van der Waals surface area contributed by atoms with E-state index in [2.05, 4.69) is 5.32 Å². The van der Waals surface area contributed by atoms with Gasteiger partial charge in [0.25, 0.3) is 0 Å². The summed E-state index contributed by atoms with van der Waals surface area (Å²) in [5.41, 5.74) is 0.881. The van der Waals surface area contributed by atoms with Crippen LogP contribution in [-0.2, 0) is 11.2 Å². The third-order valence-electron chi connectivity index (χ3n) is 2.90. The minimum Gasteiger partial charge on any atom is -0.493 e. The Balaban J connectivity index is 2.62. The van der Waals surface area contributed by atoms with Gasteiger partial charge in [-0.2, -0.15) is 0 Å². The van der Waals surface area contributed by atoms with Gasteiger partial charge in [-0.05, 0) is 38.0 Å². The first-order chi connectivity index (χ1) is 9.46. The molecule has 0 aromatic heterocycles. The Kier molecular flexibility index (Phi) is 6.65. The number of halogens is 1. The van der Waals surface area contributed by atoms with Crippen molar-refractivity contribution in [1.29, 1.82) is 0 Å². The van der Waals surface area contributed by atoms with Crippen LogP contribution >= 0.6 is 11.6 Å². The summed E-state index contributed by atoms with van der Waals surface area (Å²) in [7, 11) is 3.16. The smallest absolute Gasteiger partial charge is 0.224 e. The quantitative estimate of drug-likeness (QED) is 0.788. The van der Waals surface area contributed by atoms with Gasteiger partial charge in [0.1, 0.15) is 0 Å². The van der Waals surface area contributed by atoms with Crippen molar-refractivity contribution in [3.63, 3.8) is 0 Å². The Bertz CT molecular complexity index is 449. The molecule has 2 atom stereocenters. The zero-order valence-corrected chi connectivity index (χ0v) is 13.2. The molecule has 0 saturated carbocycles. The third kappa shape index (κ3) is 5.29. The molecule has 0 saturated heterocycles. The number of alkyl halides is 1. The first-order valence-corrected chi connectivity index (χ1v) is 7.04. The van der Waals surface area contributed by atoms with E-state index in [4.69, 9.17) is 21.1 Å². The van der Waals surface area contributed by atoms with Crippen molar-refractivity contribution in [3.8, 4) is 11.5 Å². The number of ether oxygens (including phenoxy) is 2. The molecule has 5 heteroatoms. The van der Waals surface area contributed by atoms with Gasteiger partial charge in [-0.3, -0.25) is 4.79 Å². The molecule has 0 radical (unpaired) electrons. The van der Waals surface area contributed by atoms with Crippen LogP contribution in [-0.4, -0.2) is 31.5 Å². The Hall–Kier alpha value is -1.42. The van der Waals surface area contributed by atoms with Crippen LogP contribution < -0.4 is 14.8 Å². The molecule has 1 aromatic carbocycles. The van der Waals surface area contributed by atoms with Gasteiger partial charge in [0.05, 0.1) is 20.6 Å². The lowest BCUT2D eigenvalue weighted by Crippen LogP contribution is -2.34. The molecule has 0 heterocycles. The largest absolute Gasteiger partial charge is 0.493 e. The molecule has 1 aromatic rings. The molecule has 2 unspecified atom stereocenters. The first kappa shape index (κ1) is 16.6. The minimum absolute atomic E-state index is 0.0259. The summed E-state index contributed by atoms with van der Waals surface area (Å²) in [5.74, 6) is 1.25. The lowest BCUT2D eigenvalue weighted by atomic mass is 10.1. The number of carbonyl (C=O) groups excluding carboxylic acids is 1. The Morgan fingerprint density at radius 3 is 2.45 bits per heavy atom. The lowest BCUT2D eigenvalue weighted by molar-refractivity contribution is -0.121. The second kappa shape index (κ2) is 8.00. The first-order valence-electron chi connectivity index (χ1n) is 6.60. The molecule has 1 N–H and O–H groups in total. The van der Waals surface area contributed by atoms with E-state index in [0.29, 0.717) is 17.9 Å². The number of nitrogens with one attached hydrogen (secondary N) is 1. The fourth-order valence-electron chi connectivity index (χ4n) is 2.05. The molecule has 0 aliphatic carbocycles. The molecule has 4 nitrogen and oxygen atoms in total. The van der Waals surface area contributed by atoms with Gasteiger partial charge in [0, 0.05) is 11.4 Å². The van der Waals surface area contributed by atoms with Gasteiger partial charge < -0.3 is 14.8 Å². The highest BCUT2D eigenvalue weighted by molar-refractivity contribution is 6.20. The normalized spacial score (nSPS) is 13.4. The SMILES string of the molecule is COc1ccc(CC(=O)NC(C)CC(C)Cl)cc1OC. The van der Waals surface area contributed by atoms with Gasteiger partial charge in [-0.15, -0.1) is 11.6 Å². The van der Waals surface area contributed by atoms with Gasteiger partial charge in [-0.1, -0.05) is 6.07 Å². The van der Waals surface area contributed by atoms with Crippen molar-refractivity contribution in [2.75, 3.05) is 14.2 Å². The van der Waals surface area contributed by atoms with E-state index >= 15 is 0 Å². The minimum atomic E-state index is -0.0259. The van der Waals surface area contributed by atoms with Crippen LogP contribution in [0.25, 0.3) is 0 Å². The summed E-state index contributed by atoms with van der Waals surface area (Å²) in [6.07, 6.45) is 1.06. The fraction of sp³-hybridized carbons (Fsp3) is 0.533. The molecule has 0 bridgehead atoms. The van der Waals surface area contributed by atoms with Crippen LogP contribution in [0, 0.1) is 0 Å². The predicted octanol–water partition coefficient (Wildman–Crippen LogP) is 2.77. The number of methoxy groups -OCH3 is 2. The predicted molar refractivity (Wildman–Crippen MR) is 80.8 cm³/mol.